The molecule has 0 aromatic heterocycles. The molecule has 3 N–H and O–H groups in total. The molecule has 0 heterocycles. The zero-order valence-electron chi connectivity index (χ0n) is 13.3. The molecule has 1 unspecified atom stereocenters. The van der Waals surface area contributed by atoms with E-state index in [1.165, 1.54) is 44.9 Å². The Hall–Kier alpha value is -0.160. The van der Waals surface area contributed by atoms with Crippen molar-refractivity contribution in [1.29, 1.82) is 0 Å². The topological polar surface area (TPSA) is 63.9 Å². The van der Waals surface area contributed by atoms with E-state index in [9.17, 15) is 5.11 Å². The highest BCUT2D eigenvalue weighted by Gasteiger charge is 2.13. The fourth-order valence-corrected chi connectivity index (χ4v) is 2.49. The Bertz CT molecular complexity index is 185. The lowest BCUT2D eigenvalue weighted by Gasteiger charge is -2.26. The molecule has 0 spiro atoms. The van der Waals surface area contributed by atoms with Crippen LogP contribution in [0.5, 0.6) is 0 Å². The second-order valence-electron chi connectivity index (χ2n) is 5.58. The minimum Gasteiger partial charge on any atom is -0.395 e. The highest BCUT2D eigenvalue weighted by atomic mass is 16.3. The molecule has 122 valence electrons. The molecule has 4 nitrogen and oxygen atoms in total. The van der Waals surface area contributed by atoms with Gasteiger partial charge < -0.3 is 15.3 Å². The van der Waals surface area contributed by atoms with E-state index in [-0.39, 0.29) is 13.2 Å². The summed E-state index contributed by atoms with van der Waals surface area (Å²) >= 11 is 0. The first-order valence-electron chi connectivity index (χ1n) is 8.40. The van der Waals surface area contributed by atoms with Gasteiger partial charge in [-0.2, -0.15) is 0 Å². The van der Waals surface area contributed by atoms with Gasteiger partial charge in [0.2, 0.25) is 0 Å². The van der Waals surface area contributed by atoms with Crippen molar-refractivity contribution in [2.75, 3.05) is 26.3 Å². The molecule has 4 heteroatoms. The molecule has 0 saturated heterocycles. The smallest absolute Gasteiger partial charge is 0.107 e. The van der Waals surface area contributed by atoms with Gasteiger partial charge in [0.15, 0.2) is 0 Å². The van der Waals surface area contributed by atoms with Gasteiger partial charge in [-0.15, -0.1) is 0 Å². The van der Waals surface area contributed by atoms with E-state index in [1.807, 2.05) is 0 Å². The van der Waals surface area contributed by atoms with Crippen LogP contribution in [0.4, 0.5) is 0 Å². The number of hydrogen-bond donors (Lipinski definition) is 3. The van der Waals surface area contributed by atoms with E-state index in [0.29, 0.717) is 13.1 Å². The quantitative estimate of drug-likeness (QED) is 0.320. The molecule has 20 heavy (non-hydrogen) atoms. The van der Waals surface area contributed by atoms with Crippen LogP contribution >= 0.6 is 0 Å². The van der Waals surface area contributed by atoms with Crippen LogP contribution in [0.3, 0.4) is 0 Å². The van der Waals surface area contributed by atoms with Crippen LogP contribution in [0.15, 0.2) is 0 Å². The van der Waals surface area contributed by atoms with Crippen LogP contribution in [0.1, 0.15) is 71.1 Å². The number of hydrogen-bond acceptors (Lipinski definition) is 4. The molecule has 0 aromatic rings. The third-order valence-corrected chi connectivity index (χ3v) is 3.76. The maximum Gasteiger partial charge on any atom is 0.107 e. The lowest BCUT2D eigenvalue weighted by atomic mass is 10.1. The van der Waals surface area contributed by atoms with Gasteiger partial charge in [0.05, 0.1) is 13.2 Å². The van der Waals surface area contributed by atoms with E-state index >= 15 is 0 Å². The summed E-state index contributed by atoms with van der Waals surface area (Å²) < 4.78 is 0. The van der Waals surface area contributed by atoms with Crippen molar-refractivity contribution in [1.82, 2.24) is 4.90 Å². The average Bonchev–Trinajstić information content (AvgIpc) is 2.45. The molecule has 0 aliphatic carbocycles. The summed E-state index contributed by atoms with van der Waals surface area (Å²) in [7, 11) is 0. The number of rotatable bonds is 15. The van der Waals surface area contributed by atoms with Crippen molar-refractivity contribution in [3.63, 3.8) is 0 Å². The Kier molecular flexibility index (Phi) is 15.1. The minimum atomic E-state index is -0.529. The lowest BCUT2D eigenvalue weighted by molar-refractivity contribution is -0.0205. The van der Waals surface area contributed by atoms with Crippen molar-refractivity contribution in [3.8, 4) is 0 Å². The SMILES string of the molecule is CCCCCCCCCCCC(O)N(CCO)CCO. The molecule has 0 aliphatic rings. The molecule has 0 aliphatic heterocycles. The summed E-state index contributed by atoms with van der Waals surface area (Å²) in [6.45, 7) is 3.14. The van der Waals surface area contributed by atoms with Crippen LogP contribution in [0.2, 0.25) is 0 Å². The molecule has 0 bridgehead atoms. The van der Waals surface area contributed by atoms with Crippen LogP contribution in [-0.2, 0) is 0 Å². The van der Waals surface area contributed by atoms with Gasteiger partial charge in [0, 0.05) is 13.1 Å². The molecule has 0 aromatic carbocycles. The van der Waals surface area contributed by atoms with Gasteiger partial charge in [-0.3, -0.25) is 4.90 Å². The summed E-state index contributed by atoms with van der Waals surface area (Å²) in [5.74, 6) is 0. The van der Waals surface area contributed by atoms with Gasteiger partial charge in [0.1, 0.15) is 6.23 Å². The third-order valence-electron chi connectivity index (χ3n) is 3.76. The maximum absolute atomic E-state index is 9.97. The molecule has 0 fully saturated rings. The second kappa shape index (κ2) is 15.2. The number of aliphatic hydroxyl groups excluding tert-OH is 3. The molecular weight excluding hydrogens is 254 g/mol. The predicted octanol–water partition coefficient (Wildman–Crippen LogP) is 2.51. The normalized spacial score (nSPS) is 13.1. The highest BCUT2D eigenvalue weighted by molar-refractivity contribution is 4.61. The van der Waals surface area contributed by atoms with Gasteiger partial charge in [0.25, 0.3) is 0 Å². The van der Waals surface area contributed by atoms with E-state index in [4.69, 9.17) is 10.2 Å². The summed E-state index contributed by atoms with van der Waals surface area (Å²) in [4.78, 5) is 1.74. The van der Waals surface area contributed by atoms with Crippen molar-refractivity contribution < 1.29 is 15.3 Å². The fourth-order valence-electron chi connectivity index (χ4n) is 2.49. The Morgan fingerprint density at radius 3 is 1.65 bits per heavy atom. The van der Waals surface area contributed by atoms with E-state index in [2.05, 4.69) is 6.92 Å². The number of nitrogens with zero attached hydrogens (tertiary/aromatic N) is 1. The van der Waals surface area contributed by atoms with Gasteiger partial charge in [-0.25, -0.2) is 0 Å². The van der Waals surface area contributed by atoms with E-state index in [0.717, 1.165) is 19.3 Å². The zero-order chi connectivity index (χ0) is 15.1. The molecule has 0 radical (unpaired) electrons. The lowest BCUT2D eigenvalue weighted by Crippen LogP contribution is -2.39. The summed E-state index contributed by atoms with van der Waals surface area (Å²) in [6.07, 6.45) is 11.7. The zero-order valence-corrected chi connectivity index (χ0v) is 13.3. The first kappa shape index (κ1) is 19.8. The standard InChI is InChI=1S/C16H35NO3/c1-2-3-4-5-6-7-8-9-10-11-16(20)17(12-14-18)13-15-19/h16,18-20H,2-15H2,1H3. The van der Waals surface area contributed by atoms with Crippen LogP contribution < -0.4 is 0 Å². The van der Waals surface area contributed by atoms with Crippen molar-refractivity contribution in [2.45, 2.75) is 77.4 Å². The molecular formula is C16H35NO3. The highest BCUT2D eigenvalue weighted by Crippen LogP contribution is 2.12. The second-order valence-corrected chi connectivity index (χ2v) is 5.58. The Morgan fingerprint density at radius 2 is 1.20 bits per heavy atom. The third kappa shape index (κ3) is 11.6. The first-order chi connectivity index (χ1) is 9.76. The van der Waals surface area contributed by atoms with E-state index in [1.54, 1.807) is 4.90 Å². The van der Waals surface area contributed by atoms with E-state index < -0.39 is 6.23 Å². The fraction of sp³-hybridized carbons (Fsp3) is 1.00. The van der Waals surface area contributed by atoms with Crippen molar-refractivity contribution >= 4 is 0 Å². The predicted molar refractivity (Wildman–Crippen MR) is 83.6 cm³/mol. The number of aliphatic hydroxyl groups is 3. The molecule has 0 rings (SSSR count). The van der Waals surface area contributed by atoms with Gasteiger partial charge in [-0.05, 0) is 12.8 Å². The largest absolute Gasteiger partial charge is 0.395 e. The van der Waals surface area contributed by atoms with Crippen molar-refractivity contribution in [2.24, 2.45) is 0 Å². The summed E-state index contributed by atoms with van der Waals surface area (Å²) in [5, 5.41) is 27.8. The molecule has 0 saturated carbocycles. The van der Waals surface area contributed by atoms with Gasteiger partial charge in [-0.1, -0.05) is 58.3 Å². The van der Waals surface area contributed by atoms with Gasteiger partial charge >= 0.3 is 0 Å². The Labute approximate surface area is 124 Å². The Balaban J connectivity index is 3.43. The summed E-state index contributed by atoms with van der Waals surface area (Å²) in [5.41, 5.74) is 0. The van der Waals surface area contributed by atoms with Crippen LogP contribution in [-0.4, -0.2) is 52.8 Å². The molecule has 1 atom stereocenters. The first-order valence-corrected chi connectivity index (χ1v) is 8.40. The number of unbranched alkanes of at least 4 members (excludes halogenated alkanes) is 8. The maximum atomic E-state index is 9.97. The average molecular weight is 289 g/mol. The summed E-state index contributed by atoms with van der Waals surface area (Å²) in [6, 6.07) is 0. The monoisotopic (exact) mass is 289 g/mol. The van der Waals surface area contributed by atoms with Crippen molar-refractivity contribution in [3.05, 3.63) is 0 Å². The Morgan fingerprint density at radius 1 is 0.750 bits per heavy atom. The van der Waals surface area contributed by atoms with Crippen LogP contribution in [0, 0.1) is 0 Å². The van der Waals surface area contributed by atoms with Crippen LogP contribution in [0.25, 0.3) is 0 Å². The minimum absolute atomic E-state index is 0.0226. The molecule has 0 amide bonds.